The summed E-state index contributed by atoms with van der Waals surface area (Å²) in [4.78, 5) is 0. The van der Waals surface area contributed by atoms with E-state index < -0.39 is 8.80 Å². The molecule has 0 amide bonds. The summed E-state index contributed by atoms with van der Waals surface area (Å²) in [6.45, 7) is 0. The molecule has 3 aromatic rings. The normalized spacial score (nSPS) is 10.9. The molecule has 3 rings (SSSR count). The summed E-state index contributed by atoms with van der Waals surface area (Å²) in [6, 6.07) is 18.6. The summed E-state index contributed by atoms with van der Waals surface area (Å²) in [5, 5.41) is 2.25. The van der Waals surface area contributed by atoms with Crippen molar-refractivity contribution in [1.29, 1.82) is 0 Å². The van der Waals surface area contributed by atoms with Crippen LogP contribution in [0.3, 0.4) is 0 Å². The predicted octanol–water partition coefficient (Wildman–Crippen LogP) is 2.62. The number of hydrogen-bond donors (Lipinski definition) is 0. The molecular formula is C18H12F3Si. The van der Waals surface area contributed by atoms with Crippen LogP contribution in [0.2, 0.25) is 0 Å². The average molecular weight is 313 g/mol. The van der Waals surface area contributed by atoms with Gasteiger partial charge >= 0.3 is 0 Å². The summed E-state index contributed by atoms with van der Waals surface area (Å²) in [6.07, 6.45) is 0. The Hall–Kier alpha value is -2.33. The Morgan fingerprint density at radius 1 is 0.500 bits per heavy atom. The Morgan fingerprint density at radius 3 is 1.09 bits per heavy atom. The molecular weight excluding hydrogens is 301 g/mol. The van der Waals surface area contributed by atoms with E-state index in [9.17, 15) is 13.2 Å². The van der Waals surface area contributed by atoms with Gasteiger partial charge in [-0.05, 0) is 52.0 Å². The molecule has 0 heterocycles. The Balaban J connectivity index is 2.18. The van der Waals surface area contributed by atoms with Gasteiger partial charge in [0.25, 0.3) is 0 Å². The summed E-state index contributed by atoms with van der Waals surface area (Å²) in [5.74, 6) is -1.06. The highest BCUT2D eigenvalue weighted by atomic mass is 28.3. The molecule has 0 unspecified atom stereocenters. The van der Waals surface area contributed by atoms with E-state index in [1.165, 1.54) is 36.4 Å². The van der Waals surface area contributed by atoms with Crippen LogP contribution < -0.4 is 15.6 Å². The molecule has 1 radical (unpaired) electrons. The molecule has 0 spiro atoms. The van der Waals surface area contributed by atoms with Gasteiger partial charge in [-0.2, -0.15) is 0 Å². The third-order valence-electron chi connectivity index (χ3n) is 3.34. The van der Waals surface area contributed by atoms with Gasteiger partial charge in [0.2, 0.25) is 0 Å². The molecule has 0 bridgehead atoms. The van der Waals surface area contributed by atoms with Gasteiger partial charge in [-0.25, -0.2) is 13.2 Å². The maximum absolute atomic E-state index is 13.6. The van der Waals surface area contributed by atoms with Crippen molar-refractivity contribution in [3.8, 4) is 0 Å². The zero-order chi connectivity index (χ0) is 15.5. The van der Waals surface area contributed by atoms with E-state index in [0.717, 1.165) is 15.6 Å². The first-order valence-corrected chi connectivity index (χ1v) is 8.28. The van der Waals surface area contributed by atoms with Crippen molar-refractivity contribution in [2.75, 3.05) is 0 Å². The molecule has 109 valence electrons. The van der Waals surface area contributed by atoms with Gasteiger partial charge in [0.15, 0.2) is 8.80 Å². The zero-order valence-electron chi connectivity index (χ0n) is 11.6. The molecule has 3 aromatic carbocycles. The van der Waals surface area contributed by atoms with E-state index in [-0.39, 0.29) is 17.5 Å². The minimum Gasteiger partial charge on any atom is -0.207 e. The molecule has 0 aliphatic heterocycles. The maximum atomic E-state index is 13.6. The number of rotatable bonds is 3. The first-order chi connectivity index (χ1) is 10.6. The fourth-order valence-corrected chi connectivity index (χ4v) is 5.07. The molecule has 4 heteroatoms. The maximum Gasteiger partial charge on any atom is 0.154 e. The van der Waals surface area contributed by atoms with Crippen LogP contribution in [0, 0.1) is 17.5 Å². The van der Waals surface area contributed by atoms with Crippen LogP contribution in [-0.2, 0) is 0 Å². The number of halogens is 3. The molecule has 0 aliphatic carbocycles. The molecule has 0 N–H and O–H groups in total. The van der Waals surface area contributed by atoms with Crippen molar-refractivity contribution in [3.05, 3.63) is 90.2 Å². The van der Waals surface area contributed by atoms with E-state index in [4.69, 9.17) is 0 Å². The molecule has 0 aromatic heterocycles. The second-order valence-corrected chi connectivity index (χ2v) is 7.39. The fourth-order valence-electron chi connectivity index (χ4n) is 2.43. The van der Waals surface area contributed by atoms with Crippen LogP contribution in [0.1, 0.15) is 0 Å². The van der Waals surface area contributed by atoms with Crippen molar-refractivity contribution in [2.24, 2.45) is 0 Å². The number of benzene rings is 3. The van der Waals surface area contributed by atoms with Crippen molar-refractivity contribution in [3.63, 3.8) is 0 Å². The standard InChI is InChI=1S/C18H12F3Si/c19-13-4-1-7-16(10-13)22(17-8-2-5-14(20)11-17)18-9-3-6-15(21)12-18/h1-12H. The second-order valence-electron chi connectivity index (χ2n) is 4.91. The van der Waals surface area contributed by atoms with E-state index >= 15 is 0 Å². The van der Waals surface area contributed by atoms with Gasteiger partial charge in [-0.3, -0.25) is 0 Å². The Kier molecular flexibility index (Phi) is 4.11. The van der Waals surface area contributed by atoms with Crippen molar-refractivity contribution < 1.29 is 13.2 Å². The van der Waals surface area contributed by atoms with Crippen molar-refractivity contribution >= 4 is 24.4 Å². The number of hydrogen-bond acceptors (Lipinski definition) is 0. The Labute approximate surface area is 128 Å². The lowest BCUT2D eigenvalue weighted by molar-refractivity contribution is 0.629. The highest BCUT2D eigenvalue weighted by Crippen LogP contribution is 2.02. The van der Waals surface area contributed by atoms with Gasteiger partial charge in [0, 0.05) is 0 Å². The minimum atomic E-state index is -1.66. The largest absolute Gasteiger partial charge is 0.207 e. The summed E-state index contributed by atoms with van der Waals surface area (Å²) >= 11 is 0. The molecule has 0 atom stereocenters. The highest BCUT2D eigenvalue weighted by Gasteiger charge is 2.21. The fraction of sp³-hybridized carbons (Fsp3) is 0. The van der Waals surface area contributed by atoms with Crippen LogP contribution in [-0.4, -0.2) is 8.80 Å². The van der Waals surface area contributed by atoms with Crippen molar-refractivity contribution in [1.82, 2.24) is 0 Å². The van der Waals surface area contributed by atoms with Crippen molar-refractivity contribution in [2.45, 2.75) is 0 Å². The predicted molar refractivity (Wildman–Crippen MR) is 83.9 cm³/mol. The quantitative estimate of drug-likeness (QED) is 0.515. The van der Waals surface area contributed by atoms with Gasteiger partial charge in [0.1, 0.15) is 17.5 Å². The monoisotopic (exact) mass is 313 g/mol. The molecule has 0 nitrogen and oxygen atoms in total. The Bertz CT molecular complexity index is 693. The van der Waals surface area contributed by atoms with Crippen LogP contribution in [0.15, 0.2) is 72.8 Å². The highest BCUT2D eigenvalue weighted by molar-refractivity contribution is 6.95. The molecule has 0 aliphatic rings. The lowest BCUT2D eigenvalue weighted by Crippen LogP contribution is -2.52. The first kappa shape index (κ1) is 14.6. The van der Waals surface area contributed by atoms with Gasteiger partial charge < -0.3 is 0 Å². The van der Waals surface area contributed by atoms with E-state index in [2.05, 4.69) is 0 Å². The summed E-state index contributed by atoms with van der Waals surface area (Å²) in [5.41, 5.74) is 0. The lowest BCUT2D eigenvalue weighted by Gasteiger charge is -2.17. The zero-order valence-corrected chi connectivity index (χ0v) is 12.6. The van der Waals surface area contributed by atoms with Gasteiger partial charge in [-0.15, -0.1) is 0 Å². The SMILES string of the molecule is Fc1cccc([Si](c2cccc(F)c2)c2cccc(F)c2)c1. The minimum absolute atomic E-state index is 0.354. The van der Waals surface area contributed by atoms with E-state index in [1.807, 2.05) is 0 Å². The topological polar surface area (TPSA) is 0 Å². The van der Waals surface area contributed by atoms with Crippen LogP contribution in [0.5, 0.6) is 0 Å². The average Bonchev–Trinajstić information content (AvgIpc) is 2.48. The van der Waals surface area contributed by atoms with Crippen LogP contribution >= 0.6 is 0 Å². The molecule has 0 fully saturated rings. The summed E-state index contributed by atoms with van der Waals surface area (Å²) < 4.78 is 40.8. The smallest absolute Gasteiger partial charge is 0.154 e. The third-order valence-corrected chi connectivity index (χ3v) is 6.00. The van der Waals surface area contributed by atoms with Crippen LogP contribution in [0.4, 0.5) is 13.2 Å². The molecule has 0 saturated heterocycles. The molecule has 0 saturated carbocycles. The molecule has 22 heavy (non-hydrogen) atoms. The van der Waals surface area contributed by atoms with Gasteiger partial charge in [-0.1, -0.05) is 36.4 Å². The van der Waals surface area contributed by atoms with Crippen LogP contribution in [0.25, 0.3) is 0 Å². The second kappa shape index (κ2) is 6.20. The lowest BCUT2D eigenvalue weighted by atomic mass is 10.3. The van der Waals surface area contributed by atoms with E-state index in [0.29, 0.717) is 0 Å². The summed E-state index contributed by atoms with van der Waals surface area (Å²) in [7, 11) is -1.66. The van der Waals surface area contributed by atoms with E-state index in [1.54, 1.807) is 36.4 Å². The van der Waals surface area contributed by atoms with Gasteiger partial charge in [0.05, 0.1) is 0 Å². The third kappa shape index (κ3) is 3.12. The Morgan fingerprint density at radius 2 is 0.818 bits per heavy atom. The first-order valence-electron chi connectivity index (χ1n) is 6.78.